The van der Waals surface area contributed by atoms with Gasteiger partial charge in [-0.15, -0.1) is 10.2 Å². The van der Waals surface area contributed by atoms with E-state index in [1.54, 1.807) is 18.2 Å². The molecule has 0 aliphatic heterocycles. The summed E-state index contributed by atoms with van der Waals surface area (Å²) in [5, 5.41) is 7.62. The van der Waals surface area contributed by atoms with Gasteiger partial charge in [-0.25, -0.2) is 4.79 Å². The summed E-state index contributed by atoms with van der Waals surface area (Å²) in [7, 11) is 0. The van der Waals surface area contributed by atoms with Crippen LogP contribution in [-0.2, 0) is 16.1 Å². The molecule has 0 aliphatic carbocycles. The minimum Gasteiger partial charge on any atom is -0.459 e. The molecule has 0 spiro atoms. The van der Waals surface area contributed by atoms with E-state index in [0.717, 1.165) is 15.6 Å². The molecule has 2 aromatic heterocycles. The molecule has 6 nitrogen and oxygen atoms in total. The number of benzene rings is 1. The van der Waals surface area contributed by atoms with Crippen molar-refractivity contribution in [1.29, 1.82) is 0 Å². The standard InChI is InChI=1S/C17H13BrN2O4/c1-11-4-5-12(13(18)9-11)6-7-16(21)23-10-15-19-20-17(24-15)14-3-2-8-22-14/h2-9H,10H2,1H3/b7-6+. The summed E-state index contributed by atoms with van der Waals surface area (Å²) in [5.41, 5.74) is 2.01. The molecule has 3 aromatic rings. The van der Waals surface area contributed by atoms with Crippen LogP contribution in [0.15, 0.2) is 56.0 Å². The van der Waals surface area contributed by atoms with Gasteiger partial charge in [0, 0.05) is 10.5 Å². The first kappa shape index (κ1) is 16.2. The minimum atomic E-state index is -0.500. The van der Waals surface area contributed by atoms with Crippen LogP contribution in [-0.4, -0.2) is 16.2 Å². The van der Waals surface area contributed by atoms with Gasteiger partial charge >= 0.3 is 5.97 Å². The second kappa shape index (κ2) is 7.27. The van der Waals surface area contributed by atoms with E-state index in [1.165, 1.54) is 12.3 Å². The monoisotopic (exact) mass is 388 g/mol. The molecule has 2 heterocycles. The number of hydrogen-bond donors (Lipinski definition) is 0. The Labute approximate surface area is 146 Å². The number of hydrogen-bond acceptors (Lipinski definition) is 6. The summed E-state index contributed by atoms with van der Waals surface area (Å²) in [6, 6.07) is 9.26. The third-order valence-electron chi connectivity index (χ3n) is 3.09. The SMILES string of the molecule is Cc1ccc(/C=C/C(=O)OCc2nnc(-c3ccco3)o2)c(Br)c1. The van der Waals surface area contributed by atoms with Crippen molar-refractivity contribution >= 4 is 28.0 Å². The van der Waals surface area contributed by atoms with E-state index in [9.17, 15) is 4.79 Å². The number of furan rings is 1. The van der Waals surface area contributed by atoms with E-state index in [4.69, 9.17) is 13.6 Å². The zero-order valence-electron chi connectivity index (χ0n) is 12.7. The second-order valence-corrected chi connectivity index (χ2v) is 5.80. The highest BCUT2D eigenvalue weighted by Crippen LogP contribution is 2.20. The van der Waals surface area contributed by atoms with Crippen LogP contribution in [0.1, 0.15) is 17.0 Å². The van der Waals surface area contributed by atoms with Gasteiger partial charge in [0.2, 0.25) is 0 Å². The number of carbonyl (C=O) groups excluding carboxylic acids is 1. The predicted molar refractivity (Wildman–Crippen MR) is 89.7 cm³/mol. The Kier molecular flexibility index (Phi) is 4.90. The van der Waals surface area contributed by atoms with Crippen molar-refractivity contribution in [2.75, 3.05) is 0 Å². The number of aromatic nitrogens is 2. The van der Waals surface area contributed by atoms with Crippen LogP contribution in [0.2, 0.25) is 0 Å². The average molecular weight is 389 g/mol. The van der Waals surface area contributed by atoms with Gasteiger partial charge in [-0.3, -0.25) is 0 Å². The van der Waals surface area contributed by atoms with E-state index in [1.807, 2.05) is 25.1 Å². The molecule has 24 heavy (non-hydrogen) atoms. The van der Waals surface area contributed by atoms with Crippen molar-refractivity contribution in [2.45, 2.75) is 13.5 Å². The van der Waals surface area contributed by atoms with Gasteiger partial charge in [0.05, 0.1) is 6.26 Å². The maximum Gasteiger partial charge on any atom is 0.331 e. The minimum absolute atomic E-state index is 0.105. The molecular weight excluding hydrogens is 376 g/mol. The lowest BCUT2D eigenvalue weighted by atomic mass is 10.1. The quantitative estimate of drug-likeness (QED) is 0.482. The average Bonchev–Trinajstić information content (AvgIpc) is 3.23. The van der Waals surface area contributed by atoms with Crippen molar-refractivity contribution in [3.05, 3.63) is 64.2 Å². The Hall–Kier alpha value is -2.67. The zero-order chi connectivity index (χ0) is 16.9. The van der Waals surface area contributed by atoms with Crippen LogP contribution in [0, 0.1) is 6.92 Å². The first-order chi connectivity index (χ1) is 11.6. The van der Waals surface area contributed by atoms with Gasteiger partial charge in [0.15, 0.2) is 12.4 Å². The Morgan fingerprint density at radius 3 is 2.96 bits per heavy atom. The highest BCUT2D eigenvalue weighted by molar-refractivity contribution is 9.10. The molecule has 0 bridgehead atoms. The van der Waals surface area contributed by atoms with Crippen LogP contribution in [0.4, 0.5) is 0 Å². The molecule has 1 aromatic carbocycles. The molecule has 3 rings (SSSR count). The Balaban J connectivity index is 1.57. The van der Waals surface area contributed by atoms with E-state index in [0.29, 0.717) is 5.76 Å². The molecule has 0 radical (unpaired) electrons. The van der Waals surface area contributed by atoms with Crippen LogP contribution in [0.5, 0.6) is 0 Å². The number of carbonyl (C=O) groups is 1. The van der Waals surface area contributed by atoms with E-state index < -0.39 is 5.97 Å². The maximum atomic E-state index is 11.8. The maximum absolute atomic E-state index is 11.8. The molecule has 0 unspecified atom stereocenters. The van der Waals surface area contributed by atoms with Crippen molar-refractivity contribution in [1.82, 2.24) is 10.2 Å². The number of nitrogens with zero attached hydrogens (tertiary/aromatic N) is 2. The normalized spacial score (nSPS) is 11.1. The fraction of sp³-hybridized carbons (Fsp3) is 0.118. The molecule has 0 saturated carbocycles. The second-order valence-electron chi connectivity index (χ2n) is 4.94. The van der Waals surface area contributed by atoms with E-state index in [-0.39, 0.29) is 18.4 Å². The summed E-state index contributed by atoms with van der Waals surface area (Å²) in [6.45, 7) is 1.89. The van der Waals surface area contributed by atoms with Gasteiger partial charge in [-0.05, 0) is 42.3 Å². The van der Waals surface area contributed by atoms with Crippen LogP contribution in [0.25, 0.3) is 17.7 Å². The third-order valence-corrected chi connectivity index (χ3v) is 3.78. The Morgan fingerprint density at radius 2 is 2.21 bits per heavy atom. The number of halogens is 1. The van der Waals surface area contributed by atoms with Gasteiger partial charge in [0.25, 0.3) is 11.8 Å². The fourth-order valence-corrected chi connectivity index (χ4v) is 2.54. The first-order valence-corrected chi connectivity index (χ1v) is 7.88. The Morgan fingerprint density at radius 1 is 1.33 bits per heavy atom. The lowest BCUT2D eigenvalue weighted by molar-refractivity contribution is -0.139. The molecular formula is C17H13BrN2O4. The molecule has 0 aliphatic rings. The highest BCUT2D eigenvalue weighted by atomic mass is 79.9. The van der Waals surface area contributed by atoms with E-state index >= 15 is 0 Å². The molecule has 0 N–H and O–H groups in total. The summed E-state index contributed by atoms with van der Waals surface area (Å²) in [5.74, 6) is 0.397. The highest BCUT2D eigenvalue weighted by Gasteiger charge is 2.11. The third kappa shape index (κ3) is 3.99. The van der Waals surface area contributed by atoms with Gasteiger partial charge < -0.3 is 13.6 Å². The molecule has 122 valence electrons. The van der Waals surface area contributed by atoms with Gasteiger partial charge in [-0.2, -0.15) is 0 Å². The largest absolute Gasteiger partial charge is 0.459 e. The zero-order valence-corrected chi connectivity index (χ0v) is 14.3. The summed E-state index contributed by atoms with van der Waals surface area (Å²) < 4.78 is 16.5. The predicted octanol–water partition coefficient (Wildman–Crippen LogP) is 4.16. The first-order valence-electron chi connectivity index (χ1n) is 7.09. The molecule has 0 amide bonds. The van der Waals surface area contributed by atoms with Crippen molar-refractivity contribution in [2.24, 2.45) is 0 Å². The molecule has 7 heteroatoms. The lowest BCUT2D eigenvalue weighted by Gasteiger charge is -2.00. The van der Waals surface area contributed by atoms with E-state index in [2.05, 4.69) is 26.1 Å². The van der Waals surface area contributed by atoms with Crippen LogP contribution < -0.4 is 0 Å². The number of ether oxygens (including phenoxy) is 1. The fourth-order valence-electron chi connectivity index (χ4n) is 1.92. The van der Waals surface area contributed by atoms with Crippen LogP contribution >= 0.6 is 15.9 Å². The van der Waals surface area contributed by atoms with Crippen molar-refractivity contribution in [3.63, 3.8) is 0 Å². The van der Waals surface area contributed by atoms with Gasteiger partial charge in [0.1, 0.15) is 0 Å². The lowest BCUT2D eigenvalue weighted by Crippen LogP contribution is -2.01. The topological polar surface area (TPSA) is 78.4 Å². The summed E-state index contributed by atoms with van der Waals surface area (Å²) in [4.78, 5) is 11.8. The Bertz CT molecular complexity index is 869. The van der Waals surface area contributed by atoms with Crippen molar-refractivity contribution in [3.8, 4) is 11.7 Å². The number of rotatable bonds is 5. The van der Waals surface area contributed by atoms with Crippen LogP contribution in [0.3, 0.4) is 0 Å². The summed E-state index contributed by atoms with van der Waals surface area (Å²) in [6.07, 6.45) is 4.53. The summed E-state index contributed by atoms with van der Waals surface area (Å²) >= 11 is 3.45. The van der Waals surface area contributed by atoms with Gasteiger partial charge in [-0.1, -0.05) is 28.1 Å². The van der Waals surface area contributed by atoms with Crippen molar-refractivity contribution < 1.29 is 18.4 Å². The smallest absolute Gasteiger partial charge is 0.331 e. The molecule has 0 atom stereocenters. The molecule has 0 fully saturated rings. The molecule has 0 saturated heterocycles. The number of aryl methyl sites for hydroxylation is 1. The number of esters is 1.